The van der Waals surface area contributed by atoms with E-state index < -0.39 is 7.59 Å². The van der Waals surface area contributed by atoms with E-state index >= 15 is 0 Å². The molecule has 17 heavy (non-hydrogen) atoms. The van der Waals surface area contributed by atoms with Crippen LogP contribution in [0.25, 0.3) is 10.9 Å². The van der Waals surface area contributed by atoms with Crippen LogP contribution in [0, 0.1) is 0 Å². The lowest BCUT2D eigenvalue weighted by molar-refractivity contribution is 0.438. The highest BCUT2D eigenvalue weighted by atomic mass is 31.2. The highest BCUT2D eigenvalue weighted by molar-refractivity contribution is 7.57. The summed E-state index contributed by atoms with van der Waals surface area (Å²) in [6.45, 7) is 0. The Morgan fingerprint density at radius 3 is 2.18 bits per heavy atom. The van der Waals surface area contributed by atoms with Gasteiger partial charge >= 0.3 is 7.59 Å². The second-order valence-electron chi connectivity index (χ2n) is 4.43. The number of hydrogen-bond acceptors (Lipinski definition) is 1. The Labute approximate surface area is 102 Å². The van der Waals surface area contributed by atoms with E-state index in [1.165, 1.54) is 0 Å². The number of hydrogen-bond donors (Lipinski definition) is 0. The molecule has 0 saturated carbocycles. The summed E-state index contributed by atoms with van der Waals surface area (Å²) in [5, 5.41) is 1.11. The molecule has 0 N–H and O–H groups in total. The predicted octanol–water partition coefficient (Wildman–Crippen LogP) is 2.72. The van der Waals surface area contributed by atoms with E-state index in [2.05, 4.69) is 0 Å². The highest BCUT2D eigenvalue weighted by Crippen LogP contribution is 2.52. The molecule has 0 aliphatic rings. The minimum absolute atomic E-state index is 0.998. The van der Waals surface area contributed by atoms with Gasteiger partial charge < -0.3 is 0 Å². The van der Waals surface area contributed by atoms with Crippen LogP contribution in [0.4, 0.5) is 0 Å². The van der Waals surface area contributed by atoms with Crippen LogP contribution in [0.1, 0.15) is 0 Å². The third-order valence-corrected chi connectivity index (χ3v) is 5.90. The molecule has 2 aromatic rings. The first-order valence-corrected chi connectivity index (χ1v) is 7.07. The molecular weight excluding hydrogens is 233 g/mol. The highest BCUT2D eigenvalue weighted by Gasteiger charge is 2.31. The average molecular weight is 251 g/mol. The Morgan fingerprint density at radius 1 is 1.00 bits per heavy atom. The number of fused-ring (bicyclic) bond motifs is 1. The lowest BCUT2D eigenvalue weighted by Crippen LogP contribution is -2.25. The topological polar surface area (TPSA) is 28.5 Å². The van der Waals surface area contributed by atoms with Crippen LogP contribution in [-0.2, 0) is 4.57 Å². The summed E-state index contributed by atoms with van der Waals surface area (Å²) in [6, 6.07) is 9.98. The van der Waals surface area contributed by atoms with Crippen molar-refractivity contribution in [2.75, 3.05) is 28.2 Å². The quantitative estimate of drug-likeness (QED) is 0.785. The third kappa shape index (κ3) is 1.82. The van der Waals surface area contributed by atoms with E-state index in [1.807, 2.05) is 69.1 Å². The maximum absolute atomic E-state index is 13.1. The summed E-state index contributed by atoms with van der Waals surface area (Å²) >= 11 is 0. The van der Waals surface area contributed by atoms with Crippen molar-refractivity contribution in [3.8, 4) is 0 Å². The van der Waals surface area contributed by atoms with Crippen LogP contribution in [0.3, 0.4) is 0 Å². The normalized spacial score (nSPS) is 12.8. The summed E-state index contributed by atoms with van der Waals surface area (Å²) in [5.74, 6) is 0. The Bertz CT molecular complexity index is 562. The number of aromatic nitrogens is 1. The molecule has 0 spiro atoms. The zero-order valence-corrected chi connectivity index (χ0v) is 11.6. The van der Waals surface area contributed by atoms with Gasteiger partial charge in [0, 0.05) is 11.6 Å². The fraction of sp³-hybridized carbons (Fsp3) is 0.333. The Morgan fingerprint density at radius 2 is 1.59 bits per heavy atom. The molecule has 2 rings (SSSR count). The van der Waals surface area contributed by atoms with Crippen LogP contribution in [0.5, 0.6) is 0 Å². The Kier molecular flexibility index (Phi) is 3.13. The molecule has 0 fully saturated rings. The Hall–Kier alpha value is -1.09. The van der Waals surface area contributed by atoms with Crippen molar-refractivity contribution in [1.82, 2.24) is 13.7 Å². The first-order chi connectivity index (χ1) is 7.98. The summed E-state index contributed by atoms with van der Waals surface area (Å²) in [4.78, 5) is 0. The minimum atomic E-state index is -2.73. The van der Waals surface area contributed by atoms with E-state index in [0.717, 1.165) is 10.9 Å². The molecular formula is C12H18N3OP. The predicted molar refractivity (Wildman–Crippen MR) is 72.3 cm³/mol. The van der Waals surface area contributed by atoms with Crippen LogP contribution in [0.2, 0.25) is 0 Å². The number of nitrogens with zero attached hydrogens (tertiary/aromatic N) is 3. The van der Waals surface area contributed by atoms with E-state index in [9.17, 15) is 4.57 Å². The summed E-state index contributed by atoms with van der Waals surface area (Å²) < 4.78 is 18.5. The summed E-state index contributed by atoms with van der Waals surface area (Å²) in [6.07, 6.45) is 1.89. The standard InChI is InChI=1S/C12H18N3OP/c1-13(2)17(16,14(3)4)15-10-9-11-7-5-6-8-12(11)15/h5-10H,1-4H3. The van der Waals surface area contributed by atoms with Gasteiger partial charge in [0.25, 0.3) is 0 Å². The lowest BCUT2D eigenvalue weighted by atomic mass is 10.3. The third-order valence-electron chi connectivity index (χ3n) is 2.90. The fourth-order valence-corrected chi connectivity index (χ4v) is 4.23. The Balaban J connectivity index is 2.70. The van der Waals surface area contributed by atoms with Crippen LogP contribution in [0.15, 0.2) is 36.5 Å². The van der Waals surface area contributed by atoms with E-state index in [1.54, 1.807) is 9.34 Å². The monoisotopic (exact) mass is 251 g/mol. The van der Waals surface area contributed by atoms with Crippen molar-refractivity contribution >= 4 is 18.5 Å². The van der Waals surface area contributed by atoms with Gasteiger partial charge in [0.2, 0.25) is 0 Å². The smallest absolute Gasteiger partial charge is 0.274 e. The molecule has 0 aliphatic carbocycles. The molecule has 1 aromatic carbocycles. The molecule has 1 aromatic heterocycles. The van der Waals surface area contributed by atoms with Crippen LogP contribution in [-0.4, -0.2) is 41.9 Å². The fourth-order valence-electron chi connectivity index (χ4n) is 2.04. The maximum Gasteiger partial charge on any atom is 0.314 e. The molecule has 0 bridgehead atoms. The minimum Gasteiger partial charge on any atom is -0.274 e. The van der Waals surface area contributed by atoms with E-state index in [0.29, 0.717) is 0 Å². The van der Waals surface area contributed by atoms with Gasteiger partial charge in [0.05, 0.1) is 5.52 Å². The summed E-state index contributed by atoms with van der Waals surface area (Å²) in [5.41, 5.74) is 0.998. The van der Waals surface area contributed by atoms with Gasteiger partial charge in [-0.15, -0.1) is 0 Å². The first-order valence-electron chi connectivity index (χ1n) is 5.50. The molecule has 0 atom stereocenters. The van der Waals surface area contributed by atoms with Crippen LogP contribution < -0.4 is 0 Å². The molecule has 0 radical (unpaired) electrons. The number of para-hydroxylation sites is 1. The van der Waals surface area contributed by atoms with Crippen molar-refractivity contribution in [3.63, 3.8) is 0 Å². The van der Waals surface area contributed by atoms with Gasteiger partial charge in [0.15, 0.2) is 0 Å². The van der Waals surface area contributed by atoms with Crippen LogP contribution >= 0.6 is 7.59 Å². The molecule has 0 aliphatic heterocycles. The second-order valence-corrected chi connectivity index (χ2v) is 7.48. The van der Waals surface area contributed by atoms with E-state index in [4.69, 9.17) is 0 Å². The molecule has 4 nitrogen and oxygen atoms in total. The summed E-state index contributed by atoms with van der Waals surface area (Å²) in [7, 11) is 4.64. The number of benzene rings is 1. The van der Waals surface area contributed by atoms with Gasteiger partial charge in [0.1, 0.15) is 0 Å². The second kappa shape index (κ2) is 4.30. The van der Waals surface area contributed by atoms with Crippen molar-refractivity contribution in [3.05, 3.63) is 36.5 Å². The van der Waals surface area contributed by atoms with Gasteiger partial charge in [-0.25, -0.2) is 9.34 Å². The van der Waals surface area contributed by atoms with Crippen molar-refractivity contribution in [2.24, 2.45) is 0 Å². The van der Waals surface area contributed by atoms with Gasteiger partial charge in [-0.1, -0.05) is 18.2 Å². The van der Waals surface area contributed by atoms with Gasteiger partial charge in [-0.05, 0) is 40.3 Å². The maximum atomic E-state index is 13.1. The zero-order valence-electron chi connectivity index (χ0n) is 10.7. The average Bonchev–Trinajstić information content (AvgIpc) is 2.71. The van der Waals surface area contributed by atoms with Gasteiger partial charge in [-0.2, -0.15) is 0 Å². The molecule has 0 unspecified atom stereocenters. The largest absolute Gasteiger partial charge is 0.314 e. The first kappa shape index (κ1) is 12.4. The van der Waals surface area contributed by atoms with E-state index in [-0.39, 0.29) is 0 Å². The lowest BCUT2D eigenvalue weighted by Gasteiger charge is -2.31. The van der Waals surface area contributed by atoms with Crippen molar-refractivity contribution in [2.45, 2.75) is 0 Å². The molecule has 92 valence electrons. The van der Waals surface area contributed by atoms with Gasteiger partial charge in [-0.3, -0.25) is 8.90 Å². The molecule has 0 saturated heterocycles. The number of rotatable bonds is 3. The zero-order chi connectivity index (χ0) is 12.6. The van der Waals surface area contributed by atoms with Crippen molar-refractivity contribution in [1.29, 1.82) is 0 Å². The van der Waals surface area contributed by atoms with Crippen molar-refractivity contribution < 1.29 is 4.57 Å². The SMILES string of the molecule is CN(C)P(=O)(N(C)C)n1ccc2ccccc21. The molecule has 0 amide bonds. The molecule has 5 heteroatoms. The molecule has 1 heterocycles.